The smallest absolute Gasteiger partial charge is 0.211 e. The lowest BCUT2D eigenvalue weighted by Gasteiger charge is -2.13. The molecule has 0 saturated carbocycles. The van der Waals surface area contributed by atoms with E-state index in [4.69, 9.17) is 9.47 Å². The Kier molecular flexibility index (Phi) is 6.98. The van der Waals surface area contributed by atoms with Gasteiger partial charge in [-0.25, -0.2) is 8.42 Å². The first kappa shape index (κ1) is 22.8. The molecule has 33 heavy (non-hydrogen) atoms. The molecule has 1 atom stereocenters. The summed E-state index contributed by atoms with van der Waals surface area (Å²) >= 11 is 0. The predicted molar refractivity (Wildman–Crippen MR) is 128 cm³/mol. The van der Waals surface area contributed by atoms with E-state index < -0.39 is 16.3 Å². The minimum Gasteiger partial charge on any atom is -0.494 e. The number of aryl methyl sites for hydroxylation is 1. The van der Waals surface area contributed by atoms with Crippen LogP contribution in [0.3, 0.4) is 0 Å². The Hall–Kier alpha value is -3.33. The molecule has 4 rings (SSSR count). The maximum absolute atomic E-state index is 11.6. The molecule has 4 aromatic rings. The number of benzene rings is 3. The molecule has 172 valence electrons. The monoisotopic (exact) mass is 466 g/mol. The van der Waals surface area contributed by atoms with Crippen molar-refractivity contribution in [1.29, 1.82) is 0 Å². The van der Waals surface area contributed by atoms with Gasteiger partial charge in [-0.2, -0.15) is 4.72 Å². The van der Waals surface area contributed by atoms with Gasteiger partial charge in [0.2, 0.25) is 10.0 Å². The Morgan fingerprint density at radius 1 is 0.909 bits per heavy atom. The molecule has 3 N–H and O–H groups in total. The van der Waals surface area contributed by atoms with E-state index in [0.717, 1.165) is 40.0 Å². The van der Waals surface area contributed by atoms with Gasteiger partial charge in [-0.05, 0) is 60.9 Å². The molecule has 8 heteroatoms. The van der Waals surface area contributed by atoms with Gasteiger partial charge in [-0.15, -0.1) is 0 Å². The molecule has 0 aliphatic heterocycles. The van der Waals surface area contributed by atoms with Crippen LogP contribution in [0.5, 0.6) is 17.2 Å². The van der Waals surface area contributed by atoms with Crippen LogP contribution in [0.15, 0.2) is 78.9 Å². The summed E-state index contributed by atoms with van der Waals surface area (Å²) in [6, 6.07) is 24.6. The number of hydrogen-bond acceptors (Lipinski definition) is 5. The number of para-hydroxylation sites is 2. The second-order valence-electron chi connectivity index (χ2n) is 7.69. The first-order chi connectivity index (χ1) is 15.9. The summed E-state index contributed by atoms with van der Waals surface area (Å²) in [5, 5.41) is 11.4. The Morgan fingerprint density at radius 2 is 1.55 bits per heavy atom. The average molecular weight is 467 g/mol. The zero-order chi connectivity index (χ0) is 23.3. The van der Waals surface area contributed by atoms with Crippen LogP contribution >= 0.6 is 0 Å². The number of fused-ring (bicyclic) bond motifs is 1. The van der Waals surface area contributed by atoms with Gasteiger partial charge in [0.05, 0.1) is 18.6 Å². The van der Waals surface area contributed by atoms with Crippen molar-refractivity contribution in [3.63, 3.8) is 0 Å². The minimum absolute atomic E-state index is 0.448. The van der Waals surface area contributed by atoms with Crippen molar-refractivity contribution in [3.05, 3.63) is 90.1 Å². The van der Waals surface area contributed by atoms with Gasteiger partial charge >= 0.3 is 0 Å². The van der Waals surface area contributed by atoms with Crippen molar-refractivity contribution >= 4 is 20.9 Å². The lowest BCUT2D eigenvalue weighted by Crippen LogP contribution is -2.28. The van der Waals surface area contributed by atoms with E-state index in [0.29, 0.717) is 25.1 Å². The highest BCUT2D eigenvalue weighted by Crippen LogP contribution is 2.28. The summed E-state index contributed by atoms with van der Waals surface area (Å²) in [5.74, 6) is 2.23. The van der Waals surface area contributed by atoms with Crippen molar-refractivity contribution in [2.45, 2.75) is 19.1 Å². The molecule has 0 spiro atoms. The first-order valence-electron chi connectivity index (χ1n) is 10.6. The van der Waals surface area contributed by atoms with Gasteiger partial charge in [0.15, 0.2) is 6.23 Å². The molecule has 1 unspecified atom stereocenters. The standard InChI is InChI=1S/C25H26N2O5S/c1-33(29,30)27-25(28)24-22(21-10-5-6-12-23(21)26-24)11-7-17-31-18-13-15-20(16-14-18)32-19-8-3-2-4-9-19/h2-6,8-10,12-16,25-28H,7,11,17H2,1H3. The fourth-order valence-electron chi connectivity index (χ4n) is 3.65. The van der Waals surface area contributed by atoms with Gasteiger partial charge < -0.3 is 19.6 Å². The normalized spacial score (nSPS) is 12.5. The van der Waals surface area contributed by atoms with Crippen LogP contribution in [0, 0.1) is 0 Å². The van der Waals surface area contributed by atoms with Crippen molar-refractivity contribution < 1.29 is 23.0 Å². The lowest BCUT2D eigenvalue weighted by molar-refractivity contribution is 0.161. The fourth-order valence-corrected chi connectivity index (χ4v) is 4.18. The second-order valence-corrected chi connectivity index (χ2v) is 9.47. The average Bonchev–Trinajstić information content (AvgIpc) is 3.16. The molecule has 3 aromatic carbocycles. The van der Waals surface area contributed by atoms with Crippen LogP contribution in [0.25, 0.3) is 10.9 Å². The summed E-state index contributed by atoms with van der Waals surface area (Å²) in [4.78, 5) is 3.14. The number of aliphatic hydroxyl groups is 1. The quantitative estimate of drug-likeness (QED) is 0.236. The predicted octanol–water partition coefficient (Wildman–Crippen LogP) is 4.51. The first-order valence-corrected chi connectivity index (χ1v) is 12.5. The zero-order valence-electron chi connectivity index (χ0n) is 18.2. The molecule has 0 saturated heterocycles. The van der Waals surface area contributed by atoms with Crippen LogP contribution in [-0.4, -0.2) is 31.4 Å². The van der Waals surface area contributed by atoms with Crippen LogP contribution < -0.4 is 14.2 Å². The molecule has 0 aliphatic carbocycles. The molecule has 0 amide bonds. The maximum atomic E-state index is 11.6. The molecule has 0 aliphatic rings. The van der Waals surface area contributed by atoms with Crippen LogP contribution in [0.4, 0.5) is 0 Å². The van der Waals surface area contributed by atoms with E-state index in [2.05, 4.69) is 9.71 Å². The van der Waals surface area contributed by atoms with E-state index in [1.807, 2.05) is 78.9 Å². The third kappa shape index (κ3) is 6.13. The van der Waals surface area contributed by atoms with E-state index >= 15 is 0 Å². The number of ether oxygens (including phenoxy) is 2. The number of nitrogens with one attached hydrogen (secondary N) is 2. The van der Waals surface area contributed by atoms with Gasteiger partial charge in [0.25, 0.3) is 0 Å². The SMILES string of the molecule is CS(=O)(=O)NC(O)c1[nH]c2ccccc2c1CCCOc1ccc(Oc2ccccc2)cc1. The number of hydrogen-bond donors (Lipinski definition) is 3. The van der Waals surface area contributed by atoms with Gasteiger partial charge in [0.1, 0.15) is 17.2 Å². The number of aliphatic hydroxyl groups excluding tert-OH is 1. The third-order valence-corrected chi connectivity index (χ3v) is 5.74. The number of aromatic nitrogens is 1. The van der Waals surface area contributed by atoms with Crippen molar-refractivity contribution in [2.75, 3.05) is 12.9 Å². The van der Waals surface area contributed by atoms with Crippen LogP contribution in [0.2, 0.25) is 0 Å². The highest BCUT2D eigenvalue weighted by molar-refractivity contribution is 7.88. The molecular formula is C25H26N2O5S. The number of rotatable bonds is 10. The molecule has 0 bridgehead atoms. The highest BCUT2D eigenvalue weighted by atomic mass is 32.2. The minimum atomic E-state index is -3.57. The zero-order valence-corrected chi connectivity index (χ0v) is 19.0. The molecule has 1 aromatic heterocycles. The highest BCUT2D eigenvalue weighted by Gasteiger charge is 2.20. The number of sulfonamides is 1. The molecule has 0 fully saturated rings. The van der Waals surface area contributed by atoms with E-state index in [-0.39, 0.29) is 0 Å². The largest absolute Gasteiger partial charge is 0.494 e. The van der Waals surface area contributed by atoms with Gasteiger partial charge in [0, 0.05) is 10.9 Å². The summed E-state index contributed by atoms with van der Waals surface area (Å²) in [6.45, 7) is 0.466. The van der Waals surface area contributed by atoms with Crippen molar-refractivity contribution in [2.24, 2.45) is 0 Å². The topological polar surface area (TPSA) is 101 Å². The second kappa shape index (κ2) is 10.1. The summed E-state index contributed by atoms with van der Waals surface area (Å²) in [6.07, 6.45) is 0.961. The fraction of sp³-hybridized carbons (Fsp3) is 0.200. The summed E-state index contributed by atoms with van der Waals surface area (Å²) in [5.41, 5.74) is 2.15. The van der Waals surface area contributed by atoms with Gasteiger partial charge in [-0.3, -0.25) is 0 Å². The Morgan fingerprint density at radius 3 is 2.27 bits per heavy atom. The lowest BCUT2D eigenvalue weighted by atomic mass is 10.1. The van der Waals surface area contributed by atoms with Crippen molar-refractivity contribution in [3.8, 4) is 17.2 Å². The number of H-pyrrole nitrogens is 1. The molecular weight excluding hydrogens is 440 g/mol. The van der Waals surface area contributed by atoms with Crippen molar-refractivity contribution in [1.82, 2.24) is 9.71 Å². The van der Waals surface area contributed by atoms with Crippen LogP contribution in [-0.2, 0) is 16.4 Å². The molecule has 1 heterocycles. The van der Waals surface area contributed by atoms with E-state index in [9.17, 15) is 13.5 Å². The molecule has 7 nitrogen and oxygen atoms in total. The Labute approximate surface area is 193 Å². The summed E-state index contributed by atoms with van der Waals surface area (Å²) < 4.78 is 37.0. The van der Waals surface area contributed by atoms with Gasteiger partial charge in [-0.1, -0.05) is 36.4 Å². The summed E-state index contributed by atoms with van der Waals surface area (Å²) in [7, 11) is -3.57. The maximum Gasteiger partial charge on any atom is 0.211 e. The van der Waals surface area contributed by atoms with E-state index in [1.54, 1.807) is 0 Å². The Balaban J connectivity index is 1.37. The third-order valence-electron chi connectivity index (χ3n) is 5.09. The number of aromatic amines is 1. The Bertz CT molecular complexity index is 1300. The van der Waals surface area contributed by atoms with E-state index in [1.165, 1.54) is 0 Å². The molecule has 0 radical (unpaired) electrons. The van der Waals surface area contributed by atoms with Crippen LogP contribution in [0.1, 0.15) is 23.9 Å².